The Labute approximate surface area is 164 Å². The molecule has 28 heavy (non-hydrogen) atoms. The largest absolute Gasteiger partial charge is 0.492 e. The summed E-state index contributed by atoms with van der Waals surface area (Å²) < 4.78 is 34.9. The number of carbonyl (C=O) groups is 1. The highest BCUT2D eigenvalue weighted by atomic mass is 32.2. The summed E-state index contributed by atoms with van der Waals surface area (Å²) in [6.45, 7) is 7.69. The molecule has 152 valence electrons. The van der Waals surface area contributed by atoms with Gasteiger partial charge in [-0.1, -0.05) is 12.1 Å². The van der Waals surface area contributed by atoms with Gasteiger partial charge in [-0.3, -0.25) is 4.79 Å². The first-order valence-corrected chi connectivity index (χ1v) is 10.7. The first-order chi connectivity index (χ1) is 13.2. The number of hydrogen-bond donors (Lipinski definition) is 1. The number of carbonyl (C=O) groups excluding carboxylic acids is 1. The second-order valence-corrected chi connectivity index (χ2v) is 8.14. The van der Waals surface area contributed by atoms with Gasteiger partial charge in [0.15, 0.2) is 0 Å². The molecule has 0 atom stereocenters. The van der Waals surface area contributed by atoms with Crippen molar-refractivity contribution in [2.24, 2.45) is 5.14 Å². The van der Waals surface area contributed by atoms with E-state index in [0.717, 1.165) is 11.4 Å². The highest BCUT2D eigenvalue weighted by Crippen LogP contribution is 2.30. The minimum atomic E-state index is -4.06. The lowest BCUT2D eigenvalue weighted by atomic mass is 10.1. The predicted octanol–water partition coefficient (Wildman–Crippen LogP) is 1.90. The minimum Gasteiger partial charge on any atom is -0.492 e. The Morgan fingerprint density at radius 2 is 1.79 bits per heavy atom. The quantitative estimate of drug-likeness (QED) is 0.811. The lowest BCUT2D eigenvalue weighted by Gasteiger charge is -2.36. The van der Waals surface area contributed by atoms with Crippen molar-refractivity contribution in [3.05, 3.63) is 41.3 Å². The van der Waals surface area contributed by atoms with Crippen LogP contribution in [-0.2, 0) is 10.0 Å². The number of aryl methyl sites for hydroxylation is 2. The third kappa shape index (κ3) is 3.85. The number of amides is 1. The van der Waals surface area contributed by atoms with E-state index in [9.17, 15) is 13.2 Å². The van der Waals surface area contributed by atoms with Crippen LogP contribution in [0.3, 0.4) is 0 Å². The average Bonchev–Trinajstić information content (AvgIpc) is 2.96. The molecule has 3 rings (SSSR count). The molecular weight excluding hydrogens is 382 g/mol. The fraction of sp³-hybridized carbons (Fsp3) is 0.421. The second kappa shape index (κ2) is 7.84. The molecule has 1 fully saturated rings. The molecule has 2 N–H and O–H groups in total. The number of benzene rings is 1. The molecule has 0 bridgehead atoms. The van der Waals surface area contributed by atoms with Crippen LogP contribution in [-0.4, -0.2) is 52.0 Å². The number of furan rings is 1. The normalized spacial score (nSPS) is 15.0. The Balaban J connectivity index is 1.79. The maximum Gasteiger partial charge on any atom is 0.258 e. The van der Waals surface area contributed by atoms with E-state index in [-0.39, 0.29) is 27.9 Å². The zero-order valence-corrected chi connectivity index (χ0v) is 17.1. The van der Waals surface area contributed by atoms with Crippen LogP contribution in [0, 0.1) is 13.8 Å². The number of ether oxygens (including phenoxy) is 1. The molecule has 1 aliphatic heterocycles. The van der Waals surface area contributed by atoms with Crippen LogP contribution in [0.1, 0.15) is 28.8 Å². The fourth-order valence-corrected chi connectivity index (χ4v) is 4.52. The third-order valence-electron chi connectivity index (χ3n) is 4.78. The maximum atomic E-state index is 13.0. The number of primary sulfonamides is 1. The number of rotatable bonds is 5. The first-order valence-electron chi connectivity index (χ1n) is 9.12. The van der Waals surface area contributed by atoms with Gasteiger partial charge in [0.2, 0.25) is 10.0 Å². The third-order valence-corrected chi connectivity index (χ3v) is 5.84. The van der Waals surface area contributed by atoms with E-state index in [2.05, 4.69) is 4.90 Å². The summed E-state index contributed by atoms with van der Waals surface area (Å²) in [6.07, 6.45) is 0. The van der Waals surface area contributed by atoms with Crippen LogP contribution in [0.15, 0.2) is 33.6 Å². The molecule has 0 saturated carbocycles. The summed E-state index contributed by atoms with van der Waals surface area (Å²) in [6, 6.07) is 7.79. The van der Waals surface area contributed by atoms with Crippen molar-refractivity contribution in [3.8, 4) is 5.75 Å². The smallest absolute Gasteiger partial charge is 0.258 e. The minimum absolute atomic E-state index is 0.0307. The number of anilines is 1. The summed E-state index contributed by atoms with van der Waals surface area (Å²) in [5.41, 5.74) is 1.01. The number of nitrogens with zero attached hydrogens (tertiary/aromatic N) is 2. The first kappa shape index (κ1) is 20.2. The van der Waals surface area contributed by atoms with Crippen molar-refractivity contribution in [2.75, 3.05) is 37.7 Å². The van der Waals surface area contributed by atoms with Crippen LogP contribution in [0.25, 0.3) is 0 Å². The van der Waals surface area contributed by atoms with Gasteiger partial charge in [-0.25, -0.2) is 13.6 Å². The Morgan fingerprint density at radius 1 is 1.14 bits per heavy atom. The molecule has 2 heterocycles. The van der Waals surface area contributed by atoms with Crippen LogP contribution in [0.5, 0.6) is 5.75 Å². The van der Waals surface area contributed by atoms with Crippen LogP contribution in [0.4, 0.5) is 5.69 Å². The fourth-order valence-electron chi connectivity index (χ4n) is 3.56. The van der Waals surface area contributed by atoms with Gasteiger partial charge in [0.25, 0.3) is 5.91 Å². The van der Waals surface area contributed by atoms with Gasteiger partial charge in [-0.15, -0.1) is 0 Å². The summed E-state index contributed by atoms with van der Waals surface area (Å²) in [7, 11) is -4.06. The van der Waals surface area contributed by atoms with E-state index in [1.54, 1.807) is 11.8 Å². The van der Waals surface area contributed by atoms with Crippen LogP contribution in [0.2, 0.25) is 0 Å². The summed E-state index contributed by atoms with van der Waals surface area (Å²) in [5, 5.41) is 5.30. The van der Waals surface area contributed by atoms with Crippen LogP contribution >= 0.6 is 0 Å². The van der Waals surface area contributed by atoms with Gasteiger partial charge in [-0.2, -0.15) is 0 Å². The molecule has 0 aliphatic carbocycles. The Bertz CT molecular complexity index is 975. The Hall–Kier alpha value is -2.52. The van der Waals surface area contributed by atoms with E-state index >= 15 is 0 Å². The van der Waals surface area contributed by atoms with Gasteiger partial charge in [0.1, 0.15) is 27.7 Å². The molecule has 2 aromatic rings. The molecule has 1 aromatic carbocycles. The number of para-hydroxylation sites is 2. The summed E-state index contributed by atoms with van der Waals surface area (Å²) in [4.78, 5) is 16.6. The van der Waals surface area contributed by atoms with Gasteiger partial charge in [0, 0.05) is 26.2 Å². The molecule has 1 aromatic heterocycles. The van der Waals surface area contributed by atoms with Crippen molar-refractivity contribution in [2.45, 2.75) is 25.7 Å². The van der Waals surface area contributed by atoms with E-state index in [0.29, 0.717) is 32.8 Å². The Kier molecular flexibility index (Phi) is 5.66. The van der Waals surface area contributed by atoms with Crippen molar-refractivity contribution in [1.29, 1.82) is 0 Å². The topological polar surface area (TPSA) is 106 Å². The SMILES string of the molecule is CCOc1ccccc1N1CCN(C(=O)c2c(C)oc(C)c2S(N)(=O)=O)CC1. The monoisotopic (exact) mass is 407 g/mol. The molecular formula is C19H25N3O5S. The Morgan fingerprint density at radius 3 is 2.39 bits per heavy atom. The van der Waals surface area contributed by atoms with Crippen molar-refractivity contribution in [3.63, 3.8) is 0 Å². The molecule has 1 amide bonds. The molecule has 1 saturated heterocycles. The molecule has 0 radical (unpaired) electrons. The number of sulfonamides is 1. The average molecular weight is 407 g/mol. The molecule has 8 nitrogen and oxygen atoms in total. The van der Waals surface area contributed by atoms with E-state index in [1.807, 2.05) is 31.2 Å². The van der Waals surface area contributed by atoms with E-state index in [1.165, 1.54) is 6.92 Å². The number of nitrogens with two attached hydrogens (primary N) is 1. The summed E-state index contributed by atoms with van der Waals surface area (Å²) in [5.74, 6) is 0.821. The molecule has 0 unspecified atom stereocenters. The standard InChI is InChI=1S/C19H25N3O5S/c1-4-26-16-8-6-5-7-15(16)21-9-11-22(12-10-21)19(23)17-13(2)27-14(3)18(17)28(20,24)25/h5-8H,4,9-12H2,1-3H3,(H2,20,24,25). The van der Waals surface area contributed by atoms with Crippen molar-refractivity contribution >= 4 is 21.6 Å². The lowest BCUT2D eigenvalue weighted by Crippen LogP contribution is -2.49. The van der Waals surface area contributed by atoms with Crippen LogP contribution < -0.4 is 14.8 Å². The summed E-state index contributed by atoms with van der Waals surface area (Å²) >= 11 is 0. The molecule has 0 spiro atoms. The molecule has 1 aliphatic rings. The number of piperazine rings is 1. The number of hydrogen-bond acceptors (Lipinski definition) is 6. The zero-order valence-electron chi connectivity index (χ0n) is 16.3. The van der Waals surface area contributed by atoms with Gasteiger partial charge in [-0.05, 0) is 32.9 Å². The molecule has 9 heteroatoms. The van der Waals surface area contributed by atoms with Gasteiger partial charge < -0.3 is 19.0 Å². The maximum absolute atomic E-state index is 13.0. The van der Waals surface area contributed by atoms with Crippen molar-refractivity contribution < 1.29 is 22.4 Å². The highest BCUT2D eigenvalue weighted by Gasteiger charge is 2.33. The van der Waals surface area contributed by atoms with E-state index < -0.39 is 10.0 Å². The van der Waals surface area contributed by atoms with E-state index in [4.69, 9.17) is 14.3 Å². The highest BCUT2D eigenvalue weighted by molar-refractivity contribution is 7.89. The zero-order chi connectivity index (χ0) is 20.5. The van der Waals surface area contributed by atoms with Crippen molar-refractivity contribution in [1.82, 2.24) is 4.90 Å². The predicted molar refractivity (Wildman–Crippen MR) is 105 cm³/mol. The van der Waals surface area contributed by atoms with Gasteiger partial charge >= 0.3 is 0 Å². The lowest BCUT2D eigenvalue weighted by molar-refractivity contribution is 0.0741. The second-order valence-electron chi connectivity index (χ2n) is 6.64. The van der Waals surface area contributed by atoms with Gasteiger partial charge in [0.05, 0.1) is 12.3 Å².